The predicted octanol–water partition coefficient (Wildman–Crippen LogP) is -3.63. The Labute approximate surface area is 156 Å². The predicted molar refractivity (Wildman–Crippen MR) is 92.6 cm³/mol. The van der Waals surface area contributed by atoms with Crippen LogP contribution in [0.2, 0.25) is 0 Å². The van der Waals surface area contributed by atoms with Gasteiger partial charge in [-0.2, -0.15) is 4.98 Å². The average molecular weight is 424 g/mol. The lowest BCUT2D eigenvalue weighted by molar-refractivity contribution is -0.0503. The van der Waals surface area contributed by atoms with Crippen molar-refractivity contribution in [3.05, 3.63) is 16.7 Å². The summed E-state index contributed by atoms with van der Waals surface area (Å²) in [5.41, 5.74) is 9.62. The Morgan fingerprint density at radius 2 is 2.00 bits per heavy atom. The van der Waals surface area contributed by atoms with Crippen LogP contribution in [-0.4, -0.2) is 82.7 Å². The number of H-pyrrole nitrogens is 1. The van der Waals surface area contributed by atoms with Crippen LogP contribution >= 0.6 is 7.82 Å². The van der Waals surface area contributed by atoms with Crippen LogP contribution in [0, 0.1) is 0 Å². The number of imidazole rings is 1. The second-order valence-electron chi connectivity index (χ2n) is 5.62. The number of phosphoric acid groups is 1. The van der Waals surface area contributed by atoms with Crippen LogP contribution < -0.4 is 17.0 Å². The summed E-state index contributed by atoms with van der Waals surface area (Å²) in [6.07, 6.45) is -4.22. The normalized spacial score (nSPS) is 24.9. The molecule has 2 aromatic heterocycles. The van der Waals surface area contributed by atoms with Crippen LogP contribution in [0.5, 0.6) is 0 Å². The van der Waals surface area contributed by atoms with E-state index in [1.54, 1.807) is 0 Å². The van der Waals surface area contributed by atoms with Gasteiger partial charge in [0.1, 0.15) is 18.3 Å². The second-order valence-corrected chi connectivity index (χ2v) is 6.86. The zero-order valence-electron chi connectivity index (χ0n) is 14.3. The number of nitrogen functional groups attached to an aromatic ring is 1. The van der Waals surface area contributed by atoms with Crippen LogP contribution in [-0.2, 0) is 13.8 Å². The molecule has 0 amide bonds. The fourth-order valence-corrected chi connectivity index (χ4v) is 2.74. The Kier molecular flexibility index (Phi) is 7.22. The molecule has 15 nitrogen and oxygen atoms in total. The van der Waals surface area contributed by atoms with Gasteiger partial charge in [-0.15, -0.1) is 0 Å². The van der Waals surface area contributed by atoms with E-state index < -0.39 is 44.5 Å². The molecule has 4 atom stereocenters. The summed E-state index contributed by atoms with van der Waals surface area (Å²) in [4.78, 5) is 39.1. The van der Waals surface area contributed by atoms with Gasteiger partial charge in [-0.25, -0.2) is 9.55 Å². The summed E-state index contributed by atoms with van der Waals surface area (Å²) in [6.45, 7) is -0.179. The Hall–Kier alpha value is -1.94. The van der Waals surface area contributed by atoms with E-state index in [2.05, 4.69) is 19.5 Å². The molecule has 28 heavy (non-hydrogen) atoms. The van der Waals surface area contributed by atoms with Gasteiger partial charge >= 0.3 is 7.82 Å². The van der Waals surface area contributed by atoms with Crippen molar-refractivity contribution in [1.82, 2.24) is 19.5 Å². The fourth-order valence-electron chi connectivity index (χ4n) is 2.40. The molecule has 3 heterocycles. The van der Waals surface area contributed by atoms with E-state index in [0.29, 0.717) is 6.54 Å². The molecule has 0 spiro atoms. The number of aromatic nitrogens is 4. The number of aromatic amines is 1. The number of fused-ring (bicyclic) bond motifs is 1. The number of nitrogens with two attached hydrogens (primary N) is 2. The van der Waals surface area contributed by atoms with Crippen molar-refractivity contribution in [3.8, 4) is 0 Å². The first kappa shape index (κ1) is 22.4. The summed E-state index contributed by atoms with van der Waals surface area (Å²) in [7, 11) is -4.76. The maximum Gasteiger partial charge on any atom is 0.469 e. The van der Waals surface area contributed by atoms with Gasteiger partial charge < -0.3 is 41.3 Å². The van der Waals surface area contributed by atoms with Gasteiger partial charge in [-0.3, -0.25) is 18.9 Å². The molecule has 3 rings (SSSR count). The van der Waals surface area contributed by atoms with Crippen LogP contribution in [0.3, 0.4) is 0 Å². The smallest absolute Gasteiger partial charge is 0.395 e. The van der Waals surface area contributed by atoms with Crippen molar-refractivity contribution in [2.24, 2.45) is 5.73 Å². The Balaban J connectivity index is 0.000000640. The molecule has 1 saturated heterocycles. The van der Waals surface area contributed by atoms with Crippen molar-refractivity contribution >= 4 is 24.9 Å². The van der Waals surface area contributed by atoms with E-state index in [-0.39, 0.29) is 23.7 Å². The van der Waals surface area contributed by atoms with Crippen molar-refractivity contribution in [1.29, 1.82) is 0 Å². The summed E-state index contributed by atoms with van der Waals surface area (Å²) >= 11 is 0. The standard InChI is InChI=1S/C10H14N5O8P.C2H7NO/c11-10-13-7-4(8(18)14-10)12-2-15(7)9-6(17)5(16)3(23-9)1-22-24(19,20)21;3-1-2-4/h2-3,5-6,9,16-17H,1H2,(H2,19,20,21)(H3,11,13,14,18);4H,1-3H2/t3-,5-,6-,9-;/m1./s1. The summed E-state index contributed by atoms with van der Waals surface area (Å²) in [6, 6.07) is 0. The van der Waals surface area contributed by atoms with Crippen molar-refractivity contribution in [2.45, 2.75) is 24.5 Å². The molecule has 2 aromatic rings. The topological polar surface area (TPSA) is 252 Å². The molecule has 16 heteroatoms. The highest BCUT2D eigenvalue weighted by molar-refractivity contribution is 7.46. The number of aliphatic hydroxyl groups excluding tert-OH is 3. The molecule has 1 aliphatic heterocycles. The number of ether oxygens (including phenoxy) is 1. The van der Waals surface area contributed by atoms with E-state index >= 15 is 0 Å². The molecule has 1 fully saturated rings. The van der Waals surface area contributed by atoms with E-state index in [1.165, 1.54) is 10.9 Å². The summed E-state index contributed by atoms with van der Waals surface area (Å²) < 4.78 is 21.6. The van der Waals surface area contributed by atoms with Gasteiger partial charge in [0.05, 0.1) is 19.5 Å². The third-order valence-electron chi connectivity index (χ3n) is 3.60. The van der Waals surface area contributed by atoms with Crippen molar-refractivity contribution in [3.63, 3.8) is 0 Å². The lowest BCUT2D eigenvalue weighted by atomic mass is 10.1. The van der Waals surface area contributed by atoms with Gasteiger partial charge in [0.15, 0.2) is 17.4 Å². The van der Waals surface area contributed by atoms with Gasteiger partial charge in [0.2, 0.25) is 5.95 Å². The molecule has 158 valence electrons. The highest BCUT2D eigenvalue weighted by Crippen LogP contribution is 2.38. The van der Waals surface area contributed by atoms with E-state index in [0.717, 1.165) is 0 Å². The molecule has 0 bridgehead atoms. The molecule has 0 radical (unpaired) electrons. The van der Waals surface area contributed by atoms with Gasteiger partial charge in [-0.05, 0) is 0 Å². The number of phosphoric ester groups is 1. The molecule has 0 aliphatic carbocycles. The van der Waals surface area contributed by atoms with E-state index in [4.69, 9.17) is 31.1 Å². The highest BCUT2D eigenvalue weighted by Gasteiger charge is 2.45. The number of nitrogens with one attached hydrogen (secondary N) is 1. The van der Waals surface area contributed by atoms with Crippen LogP contribution in [0.1, 0.15) is 6.23 Å². The molecule has 1 aliphatic rings. The second kappa shape index (κ2) is 9.04. The van der Waals surface area contributed by atoms with E-state index in [1.807, 2.05) is 0 Å². The summed E-state index contributed by atoms with van der Waals surface area (Å²) in [5, 5.41) is 27.8. The maximum atomic E-state index is 11.7. The number of hydrogen-bond acceptors (Lipinski definition) is 11. The molecular weight excluding hydrogens is 403 g/mol. The van der Waals surface area contributed by atoms with Crippen molar-refractivity contribution in [2.75, 3.05) is 25.5 Å². The molecule has 0 saturated carbocycles. The van der Waals surface area contributed by atoms with Crippen LogP contribution in [0.25, 0.3) is 11.2 Å². The zero-order chi connectivity index (χ0) is 21.1. The third kappa shape index (κ3) is 5.11. The first-order chi connectivity index (χ1) is 13.1. The minimum absolute atomic E-state index is 0.0176. The SMILES string of the molecule is NCCO.Nc1nc2c(ncn2[C@@H]2O[C@H](COP(=O)(O)O)[C@@H](O)[C@H]2O)c(=O)[nH]1. The number of anilines is 1. The van der Waals surface area contributed by atoms with Gasteiger partial charge in [-0.1, -0.05) is 0 Å². The first-order valence-corrected chi connectivity index (χ1v) is 9.37. The van der Waals surface area contributed by atoms with E-state index in [9.17, 15) is 19.6 Å². The lowest BCUT2D eigenvalue weighted by Gasteiger charge is -2.16. The molecule has 10 N–H and O–H groups in total. The monoisotopic (exact) mass is 424 g/mol. The maximum absolute atomic E-state index is 11.7. The average Bonchev–Trinajstić information content (AvgIpc) is 3.15. The molecule has 0 aromatic carbocycles. The zero-order valence-corrected chi connectivity index (χ0v) is 15.2. The Bertz CT molecular complexity index is 895. The molecule has 0 unspecified atom stereocenters. The minimum Gasteiger partial charge on any atom is -0.395 e. The third-order valence-corrected chi connectivity index (χ3v) is 4.08. The number of aliphatic hydroxyl groups is 3. The van der Waals surface area contributed by atoms with Crippen molar-refractivity contribution < 1.29 is 38.9 Å². The highest BCUT2D eigenvalue weighted by atomic mass is 31.2. The van der Waals surface area contributed by atoms with Gasteiger partial charge in [0, 0.05) is 6.54 Å². The number of hydrogen-bond donors (Lipinski definition) is 8. The Morgan fingerprint density at radius 3 is 2.57 bits per heavy atom. The number of rotatable bonds is 5. The Morgan fingerprint density at radius 1 is 1.36 bits per heavy atom. The first-order valence-electron chi connectivity index (χ1n) is 7.84. The lowest BCUT2D eigenvalue weighted by Crippen LogP contribution is -2.33. The van der Waals surface area contributed by atoms with Crippen LogP contribution in [0.4, 0.5) is 5.95 Å². The quantitative estimate of drug-likeness (QED) is 0.216. The minimum atomic E-state index is -4.76. The summed E-state index contributed by atoms with van der Waals surface area (Å²) in [5.74, 6) is -0.177. The van der Waals surface area contributed by atoms with Crippen LogP contribution in [0.15, 0.2) is 11.1 Å². The fraction of sp³-hybridized carbons (Fsp3) is 0.583. The number of nitrogens with zero attached hydrogens (tertiary/aromatic N) is 3. The largest absolute Gasteiger partial charge is 0.469 e. The van der Waals surface area contributed by atoms with Gasteiger partial charge in [0.25, 0.3) is 5.56 Å². The molecular formula is C12H21N6O9P.